The van der Waals surface area contributed by atoms with E-state index in [1.54, 1.807) is 12.0 Å². The van der Waals surface area contributed by atoms with Crippen molar-refractivity contribution in [2.24, 2.45) is 0 Å². The average Bonchev–Trinajstić information content (AvgIpc) is 2.87. The molecule has 0 unspecified atom stereocenters. The van der Waals surface area contributed by atoms with Crippen LogP contribution in [0.15, 0.2) is 84.9 Å². The minimum absolute atomic E-state index is 0.0370. The zero-order chi connectivity index (χ0) is 23.5. The Morgan fingerprint density at radius 3 is 2.03 bits per heavy atom. The largest absolute Gasteiger partial charge is 0.497 e. The quantitative estimate of drug-likeness (QED) is 0.477. The number of nitrogens with one attached hydrogen (secondary N) is 1. The molecule has 1 atom stereocenters. The van der Waals surface area contributed by atoms with Gasteiger partial charge in [0.25, 0.3) is 0 Å². The van der Waals surface area contributed by atoms with Gasteiger partial charge in [0.15, 0.2) is 0 Å². The highest BCUT2D eigenvalue weighted by atomic mass is 16.5. The van der Waals surface area contributed by atoms with Crippen LogP contribution < -0.4 is 10.1 Å². The molecular formula is C28H32N2O3. The van der Waals surface area contributed by atoms with Gasteiger partial charge in [-0.05, 0) is 35.2 Å². The number of carbonyl (C=O) groups excluding carboxylic acids is 2. The minimum Gasteiger partial charge on any atom is -0.497 e. The number of rotatable bonds is 11. The highest BCUT2D eigenvalue weighted by Gasteiger charge is 2.29. The van der Waals surface area contributed by atoms with Gasteiger partial charge < -0.3 is 15.0 Å². The molecule has 172 valence electrons. The molecule has 0 aliphatic rings. The number of amides is 2. The van der Waals surface area contributed by atoms with Crippen molar-refractivity contribution in [3.63, 3.8) is 0 Å². The first-order valence-corrected chi connectivity index (χ1v) is 11.4. The predicted octanol–water partition coefficient (Wildman–Crippen LogP) is 4.40. The van der Waals surface area contributed by atoms with Gasteiger partial charge in [-0.3, -0.25) is 9.59 Å². The molecule has 0 spiro atoms. The van der Waals surface area contributed by atoms with E-state index in [1.807, 2.05) is 91.9 Å². The van der Waals surface area contributed by atoms with Gasteiger partial charge in [-0.2, -0.15) is 0 Å². The second-order valence-electron chi connectivity index (χ2n) is 7.96. The monoisotopic (exact) mass is 444 g/mol. The minimum atomic E-state index is -0.587. The maximum Gasteiger partial charge on any atom is 0.243 e. The molecule has 0 aliphatic heterocycles. The number of carbonyl (C=O) groups is 2. The summed E-state index contributed by atoms with van der Waals surface area (Å²) in [6.45, 7) is 2.73. The Labute approximate surface area is 196 Å². The van der Waals surface area contributed by atoms with Crippen molar-refractivity contribution in [1.82, 2.24) is 10.2 Å². The van der Waals surface area contributed by atoms with E-state index < -0.39 is 6.04 Å². The second kappa shape index (κ2) is 12.4. The van der Waals surface area contributed by atoms with Crippen LogP contribution in [0.3, 0.4) is 0 Å². The Morgan fingerprint density at radius 1 is 0.848 bits per heavy atom. The predicted molar refractivity (Wildman–Crippen MR) is 131 cm³/mol. The van der Waals surface area contributed by atoms with Crippen molar-refractivity contribution in [3.8, 4) is 5.75 Å². The van der Waals surface area contributed by atoms with Gasteiger partial charge >= 0.3 is 0 Å². The fourth-order valence-corrected chi connectivity index (χ4v) is 3.78. The van der Waals surface area contributed by atoms with Crippen LogP contribution in [0.25, 0.3) is 0 Å². The Morgan fingerprint density at radius 2 is 1.45 bits per heavy atom. The molecule has 3 aromatic rings. The lowest BCUT2D eigenvalue weighted by Gasteiger charge is -2.31. The standard InChI is InChI=1S/C28H32N2O3/c1-3-27(31)30(21-24-12-8-5-9-13-24)26(20-23-10-6-4-7-11-23)28(32)29-19-18-22-14-16-25(33-2)17-15-22/h4-17,26H,3,18-21H2,1-2H3,(H,29,32)/t26-/m1/s1. The van der Waals surface area contributed by atoms with Crippen LogP contribution in [0.2, 0.25) is 0 Å². The van der Waals surface area contributed by atoms with Gasteiger partial charge in [0, 0.05) is 25.9 Å². The molecule has 0 heterocycles. The number of methoxy groups -OCH3 is 1. The van der Waals surface area contributed by atoms with E-state index >= 15 is 0 Å². The first-order chi connectivity index (χ1) is 16.1. The normalized spacial score (nSPS) is 11.5. The SMILES string of the molecule is CCC(=O)N(Cc1ccccc1)[C@H](Cc1ccccc1)C(=O)NCCc1ccc(OC)cc1. The zero-order valence-corrected chi connectivity index (χ0v) is 19.4. The fraction of sp³-hybridized carbons (Fsp3) is 0.286. The van der Waals surface area contributed by atoms with E-state index in [9.17, 15) is 9.59 Å². The molecule has 2 amide bonds. The Balaban J connectivity index is 1.75. The van der Waals surface area contributed by atoms with E-state index in [0.717, 1.165) is 22.4 Å². The van der Waals surface area contributed by atoms with Gasteiger partial charge in [-0.25, -0.2) is 0 Å². The molecule has 0 radical (unpaired) electrons. The highest BCUT2D eigenvalue weighted by molar-refractivity contribution is 5.88. The van der Waals surface area contributed by atoms with Crippen LogP contribution in [0.1, 0.15) is 30.0 Å². The lowest BCUT2D eigenvalue weighted by atomic mass is 10.0. The van der Waals surface area contributed by atoms with Crippen LogP contribution in [0, 0.1) is 0 Å². The highest BCUT2D eigenvalue weighted by Crippen LogP contribution is 2.16. The summed E-state index contributed by atoms with van der Waals surface area (Å²) >= 11 is 0. The van der Waals surface area contributed by atoms with Crippen LogP contribution in [0.4, 0.5) is 0 Å². The fourth-order valence-electron chi connectivity index (χ4n) is 3.78. The van der Waals surface area contributed by atoms with Crippen molar-refractivity contribution in [3.05, 3.63) is 102 Å². The Hall–Kier alpha value is -3.60. The van der Waals surface area contributed by atoms with E-state index in [4.69, 9.17) is 4.74 Å². The number of hydrogen-bond donors (Lipinski definition) is 1. The van der Waals surface area contributed by atoms with Crippen molar-refractivity contribution in [2.75, 3.05) is 13.7 Å². The van der Waals surface area contributed by atoms with Crippen molar-refractivity contribution in [1.29, 1.82) is 0 Å². The number of hydrogen-bond acceptors (Lipinski definition) is 3. The molecular weight excluding hydrogens is 412 g/mol. The summed E-state index contributed by atoms with van der Waals surface area (Å²) in [6.07, 6.45) is 1.51. The maximum absolute atomic E-state index is 13.4. The van der Waals surface area contributed by atoms with Crippen LogP contribution in [0.5, 0.6) is 5.75 Å². The first kappa shape index (κ1) is 24.1. The molecule has 0 saturated carbocycles. The average molecular weight is 445 g/mol. The molecule has 1 N–H and O–H groups in total. The molecule has 3 rings (SSSR count). The van der Waals surface area contributed by atoms with E-state index in [2.05, 4.69) is 5.32 Å². The zero-order valence-electron chi connectivity index (χ0n) is 19.4. The molecule has 0 aliphatic carbocycles. The lowest BCUT2D eigenvalue weighted by Crippen LogP contribution is -2.50. The Kier molecular flexibility index (Phi) is 9.07. The smallest absolute Gasteiger partial charge is 0.243 e. The van der Waals surface area contributed by atoms with E-state index in [1.165, 1.54) is 0 Å². The van der Waals surface area contributed by atoms with E-state index in [0.29, 0.717) is 32.4 Å². The molecule has 0 fully saturated rings. The molecule has 0 aromatic heterocycles. The molecule has 5 heteroatoms. The van der Waals surface area contributed by atoms with Crippen LogP contribution >= 0.6 is 0 Å². The first-order valence-electron chi connectivity index (χ1n) is 11.4. The second-order valence-corrected chi connectivity index (χ2v) is 7.96. The number of nitrogens with zero attached hydrogens (tertiary/aromatic N) is 1. The summed E-state index contributed by atoms with van der Waals surface area (Å²) in [6, 6.07) is 26.9. The molecule has 0 saturated heterocycles. The number of benzene rings is 3. The molecule has 3 aromatic carbocycles. The molecule has 0 bridgehead atoms. The van der Waals surface area contributed by atoms with Crippen molar-refractivity contribution < 1.29 is 14.3 Å². The van der Waals surface area contributed by atoms with Gasteiger partial charge in [0.2, 0.25) is 11.8 Å². The van der Waals surface area contributed by atoms with Crippen molar-refractivity contribution >= 4 is 11.8 Å². The van der Waals surface area contributed by atoms with Crippen molar-refractivity contribution in [2.45, 2.75) is 38.8 Å². The van der Waals surface area contributed by atoms with Gasteiger partial charge in [0.1, 0.15) is 11.8 Å². The summed E-state index contributed by atoms with van der Waals surface area (Å²) in [5, 5.41) is 3.06. The maximum atomic E-state index is 13.4. The van der Waals surface area contributed by atoms with E-state index in [-0.39, 0.29) is 11.8 Å². The lowest BCUT2D eigenvalue weighted by molar-refractivity contribution is -0.141. The summed E-state index contributed by atoms with van der Waals surface area (Å²) in [5.74, 6) is 0.635. The van der Waals surface area contributed by atoms with Gasteiger partial charge in [0.05, 0.1) is 7.11 Å². The molecule has 5 nitrogen and oxygen atoms in total. The Bertz CT molecular complexity index is 1000. The van der Waals surface area contributed by atoms with Crippen LogP contribution in [-0.4, -0.2) is 36.4 Å². The van der Waals surface area contributed by atoms with Crippen LogP contribution in [-0.2, 0) is 29.0 Å². The summed E-state index contributed by atoms with van der Waals surface area (Å²) in [7, 11) is 1.64. The number of ether oxygens (including phenoxy) is 1. The summed E-state index contributed by atoms with van der Waals surface area (Å²) < 4.78 is 5.20. The third-order valence-corrected chi connectivity index (χ3v) is 5.64. The third-order valence-electron chi connectivity index (χ3n) is 5.64. The summed E-state index contributed by atoms with van der Waals surface area (Å²) in [4.78, 5) is 28.0. The third kappa shape index (κ3) is 7.21. The molecule has 33 heavy (non-hydrogen) atoms. The summed E-state index contributed by atoms with van der Waals surface area (Å²) in [5.41, 5.74) is 3.14. The van der Waals surface area contributed by atoms with Gasteiger partial charge in [-0.1, -0.05) is 79.7 Å². The topological polar surface area (TPSA) is 58.6 Å². The van der Waals surface area contributed by atoms with Gasteiger partial charge in [-0.15, -0.1) is 0 Å².